The van der Waals surface area contributed by atoms with Gasteiger partial charge in [-0.3, -0.25) is 9.59 Å². The zero-order valence-corrected chi connectivity index (χ0v) is 19.5. The minimum atomic E-state index is -3.65. The van der Waals surface area contributed by atoms with Crippen molar-refractivity contribution in [2.45, 2.75) is 51.0 Å². The Bertz CT molecular complexity index is 1150. The Morgan fingerprint density at radius 3 is 2.44 bits per heavy atom. The lowest BCUT2D eigenvalue weighted by Gasteiger charge is -2.30. The van der Waals surface area contributed by atoms with Gasteiger partial charge < -0.3 is 10.2 Å². The van der Waals surface area contributed by atoms with E-state index in [1.807, 2.05) is 38.1 Å². The zero-order chi connectivity index (χ0) is 23.0. The van der Waals surface area contributed by atoms with Gasteiger partial charge in [-0.05, 0) is 74.6 Å². The van der Waals surface area contributed by atoms with E-state index in [1.54, 1.807) is 23.1 Å². The molecular formula is C24H29N3O4S. The quantitative estimate of drug-likeness (QED) is 0.766. The van der Waals surface area contributed by atoms with E-state index in [0.29, 0.717) is 32.4 Å². The fraction of sp³-hybridized carbons (Fsp3) is 0.417. The fourth-order valence-electron chi connectivity index (χ4n) is 4.72. The SMILES string of the molecule is CC(=O)N1c2ccc(S(=O)(=O)N3CCC(C(=O)Nc4cccc(C)c4)CC3)cc2C[C@H]1C. The Hall–Kier alpha value is -2.71. The highest BCUT2D eigenvalue weighted by atomic mass is 32.2. The van der Waals surface area contributed by atoms with Gasteiger partial charge in [0.05, 0.1) is 4.90 Å². The van der Waals surface area contributed by atoms with Crippen LogP contribution in [0.5, 0.6) is 0 Å². The third-order valence-electron chi connectivity index (χ3n) is 6.35. The molecule has 1 saturated heterocycles. The first kappa shape index (κ1) is 22.5. The number of rotatable bonds is 4. The summed E-state index contributed by atoms with van der Waals surface area (Å²) in [6.07, 6.45) is 1.60. The average molecular weight is 456 g/mol. The maximum absolute atomic E-state index is 13.2. The number of piperidine rings is 1. The number of nitrogens with zero attached hydrogens (tertiary/aromatic N) is 2. The van der Waals surface area contributed by atoms with Gasteiger partial charge in [-0.1, -0.05) is 12.1 Å². The van der Waals surface area contributed by atoms with Gasteiger partial charge in [0.2, 0.25) is 21.8 Å². The number of sulfonamides is 1. The molecule has 7 nitrogen and oxygen atoms in total. The molecule has 2 amide bonds. The van der Waals surface area contributed by atoms with Gasteiger partial charge >= 0.3 is 0 Å². The predicted molar refractivity (Wildman–Crippen MR) is 124 cm³/mol. The molecule has 1 atom stereocenters. The molecule has 2 aliphatic heterocycles. The molecule has 0 bridgehead atoms. The van der Waals surface area contributed by atoms with Crippen LogP contribution in [0.1, 0.15) is 37.8 Å². The summed E-state index contributed by atoms with van der Waals surface area (Å²) in [5.74, 6) is -0.326. The number of aryl methyl sites for hydroxylation is 1. The van der Waals surface area contributed by atoms with E-state index in [2.05, 4.69) is 5.32 Å². The molecule has 32 heavy (non-hydrogen) atoms. The molecule has 1 N–H and O–H groups in total. The molecular weight excluding hydrogens is 426 g/mol. The number of amides is 2. The summed E-state index contributed by atoms with van der Waals surface area (Å²) in [6, 6.07) is 12.7. The minimum Gasteiger partial charge on any atom is -0.326 e. The molecule has 1 fully saturated rings. The van der Waals surface area contributed by atoms with Crippen LogP contribution in [0.4, 0.5) is 11.4 Å². The number of hydrogen-bond donors (Lipinski definition) is 1. The maximum atomic E-state index is 13.2. The van der Waals surface area contributed by atoms with E-state index in [9.17, 15) is 18.0 Å². The summed E-state index contributed by atoms with van der Waals surface area (Å²) in [6.45, 7) is 6.07. The molecule has 0 radical (unpaired) electrons. The van der Waals surface area contributed by atoms with Crippen molar-refractivity contribution in [1.29, 1.82) is 0 Å². The fourth-order valence-corrected chi connectivity index (χ4v) is 6.24. The highest BCUT2D eigenvalue weighted by Gasteiger charge is 2.34. The van der Waals surface area contributed by atoms with Crippen LogP contribution in [-0.2, 0) is 26.0 Å². The topological polar surface area (TPSA) is 86.8 Å². The van der Waals surface area contributed by atoms with E-state index < -0.39 is 10.0 Å². The van der Waals surface area contributed by atoms with E-state index in [0.717, 1.165) is 22.5 Å². The van der Waals surface area contributed by atoms with E-state index >= 15 is 0 Å². The summed E-state index contributed by atoms with van der Waals surface area (Å²) in [7, 11) is -3.65. The molecule has 0 aliphatic carbocycles. The first-order valence-electron chi connectivity index (χ1n) is 11.0. The molecule has 170 valence electrons. The minimum absolute atomic E-state index is 0.0168. The van der Waals surface area contributed by atoms with Gasteiger partial charge in [0.15, 0.2) is 0 Å². The highest BCUT2D eigenvalue weighted by Crippen LogP contribution is 2.35. The van der Waals surface area contributed by atoms with Crippen LogP contribution in [0.2, 0.25) is 0 Å². The average Bonchev–Trinajstić information content (AvgIpc) is 3.09. The van der Waals surface area contributed by atoms with Crippen molar-refractivity contribution in [3.8, 4) is 0 Å². The molecule has 2 aromatic carbocycles. The van der Waals surface area contributed by atoms with Gasteiger partial charge in [0, 0.05) is 43.3 Å². The van der Waals surface area contributed by atoms with Gasteiger partial charge in [0.1, 0.15) is 0 Å². The molecule has 0 saturated carbocycles. The lowest BCUT2D eigenvalue weighted by molar-refractivity contribution is -0.121. The Morgan fingerprint density at radius 1 is 1.06 bits per heavy atom. The monoisotopic (exact) mass is 455 g/mol. The molecule has 2 aliphatic rings. The van der Waals surface area contributed by atoms with E-state index in [-0.39, 0.29) is 28.7 Å². The van der Waals surface area contributed by atoms with Crippen LogP contribution in [0, 0.1) is 12.8 Å². The van der Waals surface area contributed by atoms with Crippen molar-refractivity contribution in [2.24, 2.45) is 5.92 Å². The number of hydrogen-bond acceptors (Lipinski definition) is 4. The third-order valence-corrected chi connectivity index (χ3v) is 8.25. The van der Waals surface area contributed by atoms with Gasteiger partial charge in [-0.2, -0.15) is 4.31 Å². The number of anilines is 2. The van der Waals surface area contributed by atoms with Crippen LogP contribution in [0.3, 0.4) is 0 Å². The largest absolute Gasteiger partial charge is 0.326 e. The number of fused-ring (bicyclic) bond motifs is 1. The van der Waals surface area contributed by atoms with Crippen molar-refractivity contribution < 1.29 is 18.0 Å². The standard InChI is InChI=1S/C24H29N3O4S/c1-16-5-4-6-21(13-16)25-24(29)19-9-11-26(12-10-19)32(30,31)22-7-8-23-20(15-22)14-17(2)27(23)18(3)28/h4-8,13,15,17,19H,9-12,14H2,1-3H3,(H,25,29)/t17-/m1/s1. The van der Waals surface area contributed by atoms with Crippen LogP contribution in [0.15, 0.2) is 47.4 Å². The second kappa shape index (κ2) is 8.67. The van der Waals surface area contributed by atoms with Crippen molar-refractivity contribution >= 4 is 33.2 Å². The molecule has 0 unspecified atom stereocenters. The smallest absolute Gasteiger partial charge is 0.243 e. The van der Waals surface area contributed by atoms with Crippen molar-refractivity contribution in [1.82, 2.24) is 4.31 Å². The summed E-state index contributed by atoms with van der Waals surface area (Å²) < 4.78 is 27.9. The molecule has 0 spiro atoms. The van der Waals surface area contributed by atoms with E-state index in [1.165, 1.54) is 11.2 Å². The van der Waals surface area contributed by atoms with Gasteiger partial charge in [0.25, 0.3) is 0 Å². The van der Waals surface area contributed by atoms with Crippen LogP contribution in [0.25, 0.3) is 0 Å². The van der Waals surface area contributed by atoms with Crippen LogP contribution in [-0.4, -0.2) is 43.7 Å². The van der Waals surface area contributed by atoms with Gasteiger partial charge in [-0.25, -0.2) is 8.42 Å². The first-order valence-corrected chi connectivity index (χ1v) is 12.4. The Balaban J connectivity index is 1.43. The summed E-state index contributed by atoms with van der Waals surface area (Å²) >= 11 is 0. The highest BCUT2D eigenvalue weighted by molar-refractivity contribution is 7.89. The first-order chi connectivity index (χ1) is 15.2. The number of nitrogens with one attached hydrogen (secondary N) is 1. The maximum Gasteiger partial charge on any atom is 0.243 e. The Kier molecular flexibility index (Phi) is 6.09. The van der Waals surface area contributed by atoms with Crippen molar-refractivity contribution in [3.63, 3.8) is 0 Å². The molecule has 8 heteroatoms. The normalized spacial score (nSPS) is 19.6. The van der Waals surface area contributed by atoms with E-state index in [4.69, 9.17) is 0 Å². The predicted octanol–water partition coefficient (Wildman–Crippen LogP) is 3.33. The zero-order valence-electron chi connectivity index (χ0n) is 18.7. The third kappa shape index (κ3) is 4.29. The lowest BCUT2D eigenvalue weighted by Crippen LogP contribution is -2.41. The number of carbonyl (C=O) groups is 2. The summed E-state index contributed by atoms with van der Waals surface area (Å²) in [4.78, 5) is 26.5. The lowest BCUT2D eigenvalue weighted by atomic mass is 9.97. The molecule has 2 heterocycles. The second-order valence-electron chi connectivity index (χ2n) is 8.77. The Labute approximate surface area is 189 Å². The van der Waals surface area contributed by atoms with Gasteiger partial charge in [-0.15, -0.1) is 0 Å². The second-order valence-corrected chi connectivity index (χ2v) is 10.7. The molecule has 0 aromatic heterocycles. The number of benzene rings is 2. The van der Waals surface area contributed by atoms with Crippen LogP contribution >= 0.6 is 0 Å². The summed E-state index contributed by atoms with van der Waals surface area (Å²) in [5.41, 5.74) is 3.49. The van der Waals surface area contributed by atoms with Crippen LogP contribution < -0.4 is 10.2 Å². The number of carbonyl (C=O) groups excluding carboxylic acids is 2. The summed E-state index contributed by atoms with van der Waals surface area (Å²) in [5, 5.41) is 2.94. The molecule has 2 aromatic rings. The molecule has 4 rings (SSSR count). The van der Waals surface area contributed by atoms with Crippen molar-refractivity contribution in [2.75, 3.05) is 23.3 Å². The van der Waals surface area contributed by atoms with Crippen molar-refractivity contribution in [3.05, 3.63) is 53.6 Å². The Morgan fingerprint density at radius 2 is 1.78 bits per heavy atom.